The van der Waals surface area contributed by atoms with Crippen molar-refractivity contribution in [1.29, 1.82) is 5.26 Å². The second kappa shape index (κ2) is 5.87. The van der Waals surface area contributed by atoms with E-state index in [1.807, 2.05) is 6.07 Å². The number of hydrogen-bond donors (Lipinski definition) is 2. The summed E-state index contributed by atoms with van der Waals surface area (Å²) in [4.78, 5) is 11.4. The standard InChI is InChI=1S/C12H14N2O3/c1-2-17-12(16)5-8-3-10(7-14)11(15)4-9(8)6-13/h3-4,15H,2,5-6,13H2,1H3. The van der Waals surface area contributed by atoms with Crippen LogP contribution in [0.4, 0.5) is 0 Å². The second-order valence-corrected chi connectivity index (χ2v) is 3.44. The van der Waals surface area contributed by atoms with Crippen LogP contribution in [0, 0.1) is 11.3 Å². The lowest BCUT2D eigenvalue weighted by Crippen LogP contribution is -2.11. The molecule has 1 aromatic rings. The predicted molar refractivity (Wildman–Crippen MR) is 61.1 cm³/mol. The Morgan fingerprint density at radius 2 is 2.24 bits per heavy atom. The van der Waals surface area contributed by atoms with E-state index < -0.39 is 0 Å². The minimum Gasteiger partial charge on any atom is -0.507 e. The highest BCUT2D eigenvalue weighted by atomic mass is 16.5. The molecule has 0 aliphatic carbocycles. The van der Waals surface area contributed by atoms with Gasteiger partial charge in [0.15, 0.2) is 0 Å². The average molecular weight is 234 g/mol. The van der Waals surface area contributed by atoms with E-state index in [0.717, 1.165) is 0 Å². The summed E-state index contributed by atoms with van der Waals surface area (Å²) in [5.41, 5.74) is 6.89. The fourth-order valence-electron chi connectivity index (χ4n) is 1.49. The lowest BCUT2D eigenvalue weighted by Gasteiger charge is -2.09. The normalized spacial score (nSPS) is 9.71. The summed E-state index contributed by atoms with van der Waals surface area (Å²) in [5.74, 6) is -0.502. The SMILES string of the molecule is CCOC(=O)Cc1cc(C#N)c(O)cc1CN. The molecule has 5 heteroatoms. The Labute approximate surface area is 99.4 Å². The number of carbonyl (C=O) groups excluding carboxylic acids is 1. The molecule has 0 amide bonds. The van der Waals surface area contributed by atoms with Crippen LogP contribution in [-0.2, 0) is 22.5 Å². The van der Waals surface area contributed by atoms with Crippen LogP contribution < -0.4 is 5.73 Å². The van der Waals surface area contributed by atoms with Gasteiger partial charge in [-0.2, -0.15) is 5.26 Å². The number of esters is 1. The molecular weight excluding hydrogens is 220 g/mol. The molecule has 0 radical (unpaired) electrons. The first-order valence-corrected chi connectivity index (χ1v) is 5.22. The number of nitrogens with zero attached hydrogens (tertiary/aromatic N) is 1. The van der Waals surface area contributed by atoms with Crippen LogP contribution in [0.15, 0.2) is 12.1 Å². The molecule has 3 N–H and O–H groups in total. The molecule has 0 aromatic heterocycles. The smallest absolute Gasteiger partial charge is 0.310 e. The van der Waals surface area contributed by atoms with E-state index in [0.29, 0.717) is 17.7 Å². The van der Waals surface area contributed by atoms with Crippen molar-refractivity contribution in [1.82, 2.24) is 0 Å². The van der Waals surface area contributed by atoms with Crippen molar-refractivity contribution < 1.29 is 14.6 Å². The van der Waals surface area contributed by atoms with Gasteiger partial charge in [-0.1, -0.05) is 0 Å². The van der Waals surface area contributed by atoms with Gasteiger partial charge in [-0.05, 0) is 30.2 Å². The highest BCUT2D eigenvalue weighted by Crippen LogP contribution is 2.22. The van der Waals surface area contributed by atoms with Gasteiger partial charge in [0.05, 0.1) is 18.6 Å². The van der Waals surface area contributed by atoms with Crippen molar-refractivity contribution in [3.8, 4) is 11.8 Å². The van der Waals surface area contributed by atoms with E-state index in [4.69, 9.17) is 15.7 Å². The summed E-state index contributed by atoms with van der Waals surface area (Å²) in [7, 11) is 0. The van der Waals surface area contributed by atoms with Gasteiger partial charge in [0.2, 0.25) is 0 Å². The first-order chi connectivity index (χ1) is 8.12. The molecular formula is C12H14N2O3. The van der Waals surface area contributed by atoms with E-state index in [1.165, 1.54) is 12.1 Å². The first kappa shape index (κ1) is 13.0. The monoisotopic (exact) mass is 234 g/mol. The number of aromatic hydroxyl groups is 1. The maximum Gasteiger partial charge on any atom is 0.310 e. The molecule has 1 aromatic carbocycles. The third-order valence-corrected chi connectivity index (χ3v) is 2.30. The molecule has 0 bridgehead atoms. The van der Waals surface area contributed by atoms with E-state index >= 15 is 0 Å². The van der Waals surface area contributed by atoms with Crippen LogP contribution >= 0.6 is 0 Å². The van der Waals surface area contributed by atoms with Crippen molar-refractivity contribution in [2.45, 2.75) is 19.9 Å². The number of ether oxygens (including phenoxy) is 1. The fraction of sp³-hybridized carbons (Fsp3) is 0.333. The lowest BCUT2D eigenvalue weighted by molar-refractivity contribution is -0.142. The zero-order valence-corrected chi connectivity index (χ0v) is 9.56. The molecule has 0 fully saturated rings. The van der Waals surface area contributed by atoms with Crippen LogP contribution in [0.2, 0.25) is 0 Å². The Kier molecular flexibility index (Phi) is 4.49. The minimum atomic E-state index is -0.378. The highest BCUT2D eigenvalue weighted by Gasteiger charge is 2.12. The molecule has 0 saturated carbocycles. The number of nitriles is 1. The average Bonchev–Trinajstić information content (AvgIpc) is 2.31. The number of nitrogens with two attached hydrogens (primary N) is 1. The van der Waals surface area contributed by atoms with Crippen molar-refractivity contribution in [2.24, 2.45) is 5.73 Å². The van der Waals surface area contributed by atoms with Gasteiger partial charge in [0.25, 0.3) is 0 Å². The number of benzene rings is 1. The molecule has 5 nitrogen and oxygen atoms in total. The molecule has 1 rings (SSSR count). The summed E-state index contributed by atoms with van der Waals surface area (Å²) in [6, 6.07) is 4.73. The van der Waals surface area contributed by atoms with Gasteiger partial charge in [-0.15, -0.1) is 0 Å². The minimum absolute atomic E-state index is 0.0509. The number of rotatable bonds is 4. The Balaban J connectivity index is 3.05. The molecule has 0 atom stereocenters. The molecule has 90 valence electrons. The first-order valence-electron chi connectivity index (χ1n) is 5.22. The maximum absolute atomic E-state index is 11.4. The van der Waals surface area contributed by atoms with Crippen LogP contribution in [0.3, 0.4) is 0 Å². The number of phenolic OH excluding ortho intramolecular Hbond substituents is 1. The molecule has 0 spiro atoms. The molecule has 0 aliphatic rings. The molecule has 0 aliphatic heterocycles. The van der Waals surface area contributed by atoms with E-state index in [9.17, 15) is 9.90 Å². The quantitative estimate of drug-likeness (QED) is 0.752. The Morgan fingerprint density at radius 3 is 2.76 bits per heavy atom. The van der Waals surface area contributed by atoms with Crippen LogP contribution in [0.5, 0.6) is 5.75 Å². The van der Waals surface area contributed by atoms with Crippen LogP contribution in [0.1, 0.15) is 23.6 Å². The summed E-state index contributed by atoms with van der Waals surface area (Å²) in [6.45, 7) is 2.22. The van der Waals surface area contributed by atoms with Crippen molar-refractivity contribution in [2.75, 3.05) is 6.61 Å². The summed E-state index contributed by atoms with van der Waals surface area (Å²) >= 11 is 0. The Bertz CT molecular complexity index is 464. The zero-order valence-electron chi connectivity index (χ0n) is 9.56. The number of carbonyl (C=O) groups is 1. The Morgan fingerprint density at radius 1 is 1.53 bits per heavy atom. The van der Waals surface area contributed by atoms with Gasteiger partial charge in [-0.3, -0.25) is 4.79 Å². The Hall–Kier alpha value is -2.06. The zero-order chi connectivity index (χ0) is 12.8. The predicted octanol–water partition coefficient (Wildman–Crippen LogP) is 0.828. The van der Waals surface area contributed by atoms with Crippen molar-refractivity contribution >= 4 is 5.97 Å². The highest BCUT2D eigenvalue weighted by molar-refractivity contribution is 5.73. The largest absolute Gasteiger partial charge is 0.507 e. The molecule has 0 saturated heterocycles. The number of phenols is 1. The van der Waals surface area contributed by atoms with Crippen LogP contribution in [-0.4, -0.2) is 17.7 Å². The molecule has 0 heterocycles. The molecule has 17 heavy (non-hydrogen) atoms. The summed E-state index contributed by atoms with van der Waals surface area (Å²) in [6.07, 6.45) is 0.0509. The van der Waals surface area contributed by atoms with Gasteiger partial charge in [-0.25, -0.2) is 0 Å². The van der Waals surface area contributed by atoms with Gasteiger partial charge in [0, 0.05) is 6.54 Å². The van der Waals surface area contributed by atoms with E-state index in [2.05, 4.69) is 0 Å². The fourth-order valence-corrected chi connectivity index (χ4v) is 1.49. The van der Waals surface area contributed by atoms with Crippen molar-refractivity contribution in [3.63, 3.8) is 0 Å². The van der Waals surface area contributed by atoms with E-state index in [-0.39, 0.29) is 30.2 Å². The lowest BCUT2D eigenvalue weighted by atomic mass is 10.0. The van der Waals surface area contributed by atoms with Gasteiger partial charge in [0.1, 0.15) is 11.8 Å². The van der Waals surface area contributed by atoms with Gasteiger partial charge >= 0.3 is 5.97 Å². The third-order valence-electron chi connectivity index (χ3n) is 2.30. The second-order valence-electron chi connectivity index (χ2n) is 3.44. The topological polar surface area (TPSA) is 96.3 Å². The van der Waals surface area contributed by atoms with Crippen LogP contribution in [0.25, 0.3) is 0 Å². The van der Waals surface area contributed by atoms with Crippen molar-refractivity contribution in [3.05, 3.63) is 28.8 Å². The summed E-state index contributed by atoms with van der Waals surface area (Å²) < 4.78 is 4.82. The maximum atomic E-state index is 11.4. The molecule has 0 unspecified atom stereocenters. The van der Waals surface area contributed by atoms with E-state index in [1.54, 1.807) is 6.92 Å². The van der Waals surface area contributed by atoms with Gasteiger partial charge < -0.3 is 15.6 Å². The third kappa shape index (κ3) is 3.20. The summed E-state index contributed by atoms with van der Waals surface area (Å²) in [5, 5.41) is 18.3. The number of hydrogen-bond acceptors (Lipinski definition) is 5.